The second-order valence-corrected chi connectivity index (χ2v) is 9.83. The maximum Gasteiger partial charge on any atom is 0.0705 e. The van der Waals surface area contributed by atoms with Crippen LogP contribution in [0.4, 0.5) is 0 Å². The highest BCUT2D eigenvalue weighted by molar-refractivity contribution is 5.78. The minimum absolute atomic E-state index is 0.0719. The molecule has 1 saturated carbocycles. The first kappa shape index (κ1) is 19.8. The van der Waals surface area contributed by atoms with Crippen LogP contribution in [0.5, 0.6) is 0 Å². The van der Waals surface area contributed by atoms with E-state index in [1.54, 1.807) is 11.1 Å². The van der Waals surface area contributed by atoms with Gasteiger partial charge in [-0.05, 0) is 98.4 Å². The highest BCUT2D eigenvalue weighted by Gasteiger charge is 2.35. The summed E-state index contributed by atoms with van der Waals surface area (Å²) in [6.45, 7) is 2.24. The maximum atomic E-state index is 6.55. The van der Waals surface area contributed by atoms with Gasteiger partial charge in [0, 0.05) is 16.6 Å². The Bertz CT molecular complexity index is 1040. The molecule has 2 aromatic carbocycles. The Hall–Kier alpha value is -2.19. The Kier molecular flexibility index (Phi) is 5.37. The fourth-order valence-electron chi connectivity index (χ4n) is 5.71. The molecule has 0 radical (unpaired) electrons. The molecule has 0 spiro atoms. The predicted molar refractivity (Wildman–Crippen MR) is 126 cm³/mol. The lowest BCUT2D eigenvalue weighted by molar-refractivity contribution is 0.417. The summed E-state index contributed by atoms with van der Waals surface area (Å²) in [5, 5.41) is 1.23. The van der Waals surface area contributed by atoms with Crippen molar-refractivity contribution < 1.29 is 0 Å². The quantitative estimate of drug-likeness (QED) is 0.544. The van der Waals surface area contributed by atoms with E-state index in [4.69, 9.17) is 10.7 Å². The van der Waals surface area contributed by atoms with Gasteiger partial charge in [0.1, 0.15) is 0 Å². The molecule has 5 rings (SSSR count). The predicted octanol–water partition coefficient (Wildman–Crippen LogP) is 6.35. The van der Waals surface area contributed by atoms with E-state index in [9.17, 15) is 0 Å². The zero-order valence-electron chi connectivity index (χ0n) is 18.2. The smallest absolute Gasteiger partial charge is 0.0705 e. The summed E-state index contributed by atoms with van der Waals surface area (Å²) in [6, 6.07) is 20.2. The number of nitrogens with two attached hydrogens (primary N) is 1. The van der Waals surface area contributed by atoms with Gasteiger partial charge >= 0.3 is 0 Å². The molecule has 0 amide bonds. The molecule has 2 aliphatic rings. The summed E-state index contributed by atoms with van der Waals surface area (Å²) < 4.78 is 0. The monoisotopic (exact) mass is 398 g/mol. The van der Waals surface area contributed by atoms with Gasteiger partial charge in [0.15, 0.2) is 0 Å². The third kappa shape index (κ3) is 4.03. The van der Waals surface area contributed by atoms with Gasteiger partial charge in [0.05, 0.1) is 5.52 Å². The Morgan fingerprint density at radius 2 is 1.93 bits per heavy atom. The van der Waals surface area contributed by atoms with Gasteiger partial charge in [0.25, 0.3) is 0 Å². The van der Waals surface area contributed by atoms with Gasteiger partial charge < -0.3 is 5.73 Å². The average molecular weight is 399 g/mol. The van der Waals surface area contributed by atoms with E-state index in [0.29, 0.717) is 5.92 Å². The molecule has 0 saturated heterocycles. The molecular weight excluding hydrogens is 364 g/mol. The standard InChI is InChI=1S/C28H34N2/c1-2-28(29)16-15-25(19-28)24-11-10-22-17-20(7-9-23(22)18-24)8-13-26-14-12-21-5-3-4-6-27(21)30-26/h3-6,10-12,14,18,20,25H,2,7-9,13,15-17,19,29H2,1H3/t20-,25+,28-/m1/s1. The van der Waals surface area contributed by atoms with Gasteiger partial charge in [-0.2, -0.15) is 0 Å². The summed E-state index contributed by atoms with van der Waals surface area (Å²) in [6.07, 6.45) is 10.8. The van der Waals surface area contributed by atoms with Crippen molar-refractivity contribution in [2.24, 2.45) is 11.7 Å². The Balaban J connectivity index is 1.22. The van der Waals surface area contributed by atoms with Crippen molar-refractivity contribution >= 4 is 10.9 Å². The Morgan fingerprint density at radius 3 is 2.80 bits per heavy atom. The molecule has 156 valence electrons. The minimum atomic E-state index is 0.0719. The highest BCUT2D eigenvalue weighted by atomic mass is 14.8. The number of rotatable bonds is 5. The summed E-state index contributed by atoms with van der Waals surface area (Å²) in [7, 11) is 0. The molecule has 3 aromatic rings. The van der Waals surface area contributed by atoms with Crippen LogP contribution in [0, 0.1) is 5.92 Å². The van der Waals surface area contributed by atoms with E-state index in [1.165, 1.54) is 55.2 Å². The third-order valence-corrected chi connectivity index (χ3v) is 7.84. The van der Waals surface area contributed by atoms with E-state index in [0.717, 1.165) is 30.7 Å². The van der Waals surface area contributed by atoms with Crippen LogP contribution in [0.1, 0.15) is 73.8 Å². The minimum Gasteiger partial charge on any atom is -0.325 e. The number of aromatic nitrogens is 1. The van der Waals surface area contributed by atoms with Gasteiger partial charge in [-0.15, -0.1) is 0 Å². The third-order valence-electron chi connectivity index (χ3n) is 7.84. The zero-order chi connectivity index (χ0) is 20.6. The van der Waals surface area contributed by atoms with Crippen LogP contribution in [-0.2, 0) is 19.3 Å². The Morgan fingerprint density at radius 1 is 1.03 bits per heavy atom. The summed E-state index contributed by atoms with van der Waals surface area (Å²) in [4.78, 5) is 4.87. The average Bonchev–Trinajstić information content (AvgIpc) is 3.20. The number of para-hydroxylation sites is 1. The van der Waals surface area contributed by atoms with Crippen molar-refractivity contribution in [1.29, 1.82) is 0 Å². The van der Waals surface area contributed by atoms with Crippen LogP contribution >= 0.6 is 0 Å². The molecule has 2 heteroatoms. The van der Waals surface area contributed by atoms with Crippen LogP contribution in [-0.4, -0.2) is 10.5 Å². The molecule has 1 fully saturated rings. The maximum absolute atomic E-state index is 6.55. The first-order chi connectivity index (χ1) is 14.6. The lowest BCUT2D eigenvalue weighted by Crippen LogP contribution is -2.35. The van der Waals surface area contributed by atoms with Gasteiger partial charge in [0.2, 0.25) is 0 Å². The number of hydrogen-bond acceptors (Lipinski definition) is 2. The van der Waals surface area contributed by atoms with Crippen molar-refractivity contribution in [2.45, 2.75) is 76.2 Å². The van der Waals surface area contributed by atoms with Gasteiger partial charge in [-0.25, -0.2) is 0 Å². The van der Waals surface area contributed by atoms with Gasteiger partial charge in [-0.3, -0.25) is 4.98 Å². The van der Waals surface area contributed by atoms with Crippen molar-refractivity contribution in [3.8, 4) is 0 Å². The van der Waals surface area contributed by atoms with Crippen LogP contribution in [0.25, 0.3) is 10.9 Å². The van der Waals surface area contributed by atoms with Crippen LogP contribution in [0.3, 0.4) is 0 Å². The van der Waals surface area contributed by atoms with Crippen molar-refractivity contribution in [2.75, 3.05) is 0 Å². The molecule has 0 aliphatic heterocycles. The Labute approximate surface area is 180 Å². The molecule has 30 heavy (non-hydrogen) atoms. The van der Waals surface area contributed by atoms with Gasteiger partial charge in [-0.1, -0.05) is 49.4 Å². The fourth-order valence-corrected chi connectivity index (χ4v) is 5.71. The second-order valence-electron chi connectivity index (χ2n) is 9.83. The van der Waals surface area contributed by atoms with E-state index in [-0.39, 0.29) is 5.54 Å². The molecule has 2 aliphatic carbocycles. The normalized spacial score (nSPS) is 26.1. The molecule has 1 heterocycles. The highest BCUT2D eigenvalue weighted by Crippen LogP contribution is 2.42. The molecule has 2 nitrogen and oxygen atoms in total. The van der Waals surface area contributed by atoms with Crippen LogP contribution in [0.2, 0.25) is 0 Å². The molecule has 0 unspecified atom stereocenters. The molecule has 0 bridgehead atoms. The summed E-state index contributed by atoms with van der Waals surface area (Å²) in [5.74, 6) is 1.44. The van der Waals surface area contributed by atoms with E-state index in [1.807, 2.05) is 0 Å². The van der Waals surface area contributed by atoms with Crippen molar-refractivity contribution in [1.82, 2.24) is 4.98 Å². The first-order valence-corrected chi connectivity index (χ1v) is 11.9. The SMILES string of the molecule is CC[C@@]1(N)CC[C@H](c2ccc3c(c2)CC[C@H](CCc2ccc4ccccc4n2)C3)C1. The van der Waals surface area contributed by atoms with Crippen molar-refractivity contribution in [3.63, 3.8) is 0 Å². The fraction of sp³-hybridized carbons (Fsp3) is 0.464. The largest absolute Gasteiger partial charge is 0.325 e. The van der Waals surface area contributed by atoms with Crippen LogP contribution in [0.15, 0.2) is 54.6 Å². The lowest BCUT2D eigenvalue weighted by Gasteiger charge is -2.26. The summed E-state index contributed by atoms with van der Waals surface area (Å²) in [5.41, 5.74) is 13.7. The number of fused-ring (bicyclic) bond motifs is 2. The second kappa shape index (κ2) is 8.15. The number of pyridine rings is 1. The van der Waals surface area contributed by atoms with E-state index in [2.05, 4.69) is 61.5 Å². The zero-order valence-corrected chi connectivity index (χ0v) is 18.2. The number of aryl methyl sites for hydroxylation is 2. The van der Waals surface area contributed by atoms with E-state index >= 15 is 0 Å². The molecule has 3 atom stereocenters. The topological polar surface area (TPSA) is 38.9 Å². The lowest BCUT2D eigenvalue weighted by atomic mass is 9.79. The van der Waals surface area contributed by atoms with Crippen LogP contribution < -0.4 is 5.73 Å². The first-order valence-electron chi connectivity index (χ1n) is 11.9. The number of benzene rings is 2. The molecular formula is C28H34N2. The number of hydrogen-bond donors (Lipinski definition) is 1. The molecule has 2 N–H and O–H groups in total. The summed E-state index contributed by atoms with van der Waals surface area (Å²) >= 11 is 0. The van der Waals surface area contributed by atoms with E-state index < -0.39 is 0 Å². The number of nitrogens with zero attached hydrogens (tertiary/aromatic N) is 1. The van der Waals surface area contributed by atoms with Crippen molar-refractivity contribution in [3.05, 3.63) is 77.0 Å². The molecule has 1 aromatic heterocycles.